The van der Waals surface area contributed by atoms with Crippen LogP contribution >= 0.6 is 12.3 Å². The fraction of sp³-hybridized carbons (Fsp3) is 1.00. The van der Waals surface area contributed by atoms with Crippen LogP contribution in [0.2, 0.25) is 0 Å². The minimum Gasteiger partial charge on any atom is -0.286 e. The number of rotatable bonds is 7. The molecule has 2 atom stereocenters. The van der Waals surface area contributed by atoms with E-state index in [1.54, 1.807) is 0 Å². The second-order valence-corrected chi connectivity index (χ2v) is 2.84. The first-order chi connectivity index (χ1) is 6.29. The van der Waals surface area contributed by atoms with Crippen LogP contribution in [-0.2, 0) is 8.52 Å². The molecule has 0 aromatic heterocycles. The van der Waals surface area contributed by atoms with Gasteiger partial charge in [0.25, 0.3) is 0 Å². The number of hydrogen-bond donors (Lipinski definition) is 1. The second-order valence-electron chi connectivity index (χ2n) is 2.37. The summed E-state index contributed by atoms with van der Waals surface area (Å²) in [5.41, 5.74) is 8.25. The summed E-state index contributed by atoms with van der Waals surface area (Å²) in [7, 11) is 0. The molecule has 0 unspecified atom stereocenters. The number of nitrogens with zero attached hydrogens (tertiary/aromatic N) is 3. The monoisotopic (exact) mass is 207 g/mol. The molecule has 0 saturated heterocycles. The van der Waals surface area contributed by atoms with E-state index in [4.69, 9.17) is 15.0 Å². The first-order valence-corrected chi connectivity index (χ1v) is 4.64. The molecule has 0 aliphatic carbocycles. The lowest BCUT2D eigenvalue weighted by atomic mass is 10.1. The van der Waals surface area contributed by atoms with E-state index in [0.717, 1.165) is 0 Å². The Bertz CT molecular complexity index is 175. The fourth-order valence-corrected chi connectivity index (χ4v) is 1.36. The minimum absolute atomic E-state index is 0.224. The maximum Gasteiger partial charge on any atom is 0.194 e. The molecule has 76 valence electrons. The van der Waals surface area contributed by atoms with Crippen LogP contribution in [0.4, 0.5) is 0 Å². The summed E-state index contributed by atoms with van der Waals surface area (Å²) in [6.07, 6.45) is 1.14. The van der Waals surface area contributed by atoms with Crippen LogP contribution in [0.5, 0.6) is 0 Å². The third-order valence-corrected chi connectivity index (χ3v) is 2.03. The van der Waals surface area contributed by atoms with E-state index in [-0.39, 0.29) is 12.1 Å². The lowest BCUT2D eigenvalue weighted by Gasteiger charge is -2.18. The Hall–Kier alpha value is -0.460. The van der Waals surface area contributed by atoms with E-state index < -0.39 is 0 Å². The summed E-state index contributed by atoms with van der Waals surface area (Å²) in [4.78, 5) is 2.72. The molecule has 0 rings (SSSR count). The van der Waals surface area contributed by atoms with Gasteiger partial charge in [-0.2, -0.15) is 0 Å². The SMILES string of the molecule is CC[C@H](N=[N+]=[N-])[C@@H](CC)OSOO. The van der Waals surface area contributed by atoms with Crippen LogP contribution < -0.4 is 0 Å². The van der Waals surface area contributed by atoms with Gasteiger partial charge in [0.15, 0.2) is 12.3 Å². The van der Waals surface area contributed by atoms with Gasteiger partial charge in [-0.05, 0) is 18.4 Å². The third kappa shape index (κ3) is 4.97. The van der Waals surface area contributed by atoms with E-state index in [1.165, 1.54) is 0 Å². The Morgan fingerprint density at radius 3 is 2.62 bits per heavy atom. The highest BCUT2D eigenvalue weighted by Crippen LogP contribution is 2.17. The average molecular weight is 207 g/mol. The number of hydrogen-bond acceptors (Lipinski definition) is 5. The zero-order chi connectivity index (χ0) is 10.1. The molecule has 0 radical (unpaired) electrons. The standard InChI is InChI=1S/C6H13N3O3S/c1-3-5(8-9-7)6(4-2)11-13-12-10/h5-6,10H,3-4H2,1-2H3/t5-,6+/m0/s1. The van der Waals surface area contributed by atoms with Gasteiger partial charge in [-0.15, -0.1) is 4.33 Å². The molecule has 1 N–H and O–H groups in total. The van der Waals surface area contributed by atoms with Crippen molar-refractivity contribution in [3.8, 4) is 0 Å². The molecule has 0 aromatic rings. The molecule has 0 fully saturated rings. The van der Waals surface area contributed by atoms with Crippen LogP contribution in [-0.4, -0.2) is 17.4 Å². The van der Waals surface area contributed by atoms with Gasteiger partial charge in [0.2, 0.25) is 0 Å². The van der Waals surface area contributed by atoms with Crippen molar-refractivity contribution in [1.82, 2.24) is 0 Å². The maximum atomic E-state index is 8.25. The van der Waals surface area contributed by atoms with Crippen molar-refractivity contribution in [3.63, 3.8) is 0 Å². The predicted octanol–water partition coefficient (Wildman–Crippen LogP) is 2.92. The van der Waals surface area contributed by atoms with E-state index in [2.05, 4.69) is 14.4 Å². The van der Waals surface area contributed by atoms with Crippen molar-refractivity contribution in [1.29, 1.82) is 0 Å². The molecule has 0 aromatic carbocycles. The Labute approximate surface area is 81.2 Å². The van der Waals surface area contributed by atoms with Gasteiger partial charge >= 0.3 is 0 Å². The first kappa shape index (κ1) is 12.5. The lowest BCUT2D eigenvalue weighted by molar-refractivity contribution is -0.127. The smallest absolute Gasteiger partial charge is 0.194 e. The van der Waals surface area contributed by atoms with Crippen molar-refractivity contribution >= 4 is 12.3 Å². The summed E-state index contributed by atoms with van der Waals surface area (Å²) in [6.45, 7) is 3.80. The zero-order valence-electron chi connectivity index (χ0n) is 7.58. The molecule has 0 bridgehead atoms. The molecular weight excluding hydrogens is 194 g/mol. The van der Waals surface area contributed by atoms with Crippen LogP contribution in [0.15, 0.2) is 5.11 Å². The summed E-state index contributed by atoms with van der Waals surface area (Å²) < 4.78 is 8.73. The predicted molar refractivity (Wildman–Crippen MR) is 49.7 cm³/mol. The van der Waals surface area contributed by atoms with Crippen molar-refractivity contribution in [2.24, 2.45) is 5.11 Å². The first-order valence-electron chi connectivity index (χ1n) is 3.97. The fourth-order valence-electron chi connectivity index (χ4n) is 0.958. The highest BCUT2D eigenvalue weighted by atomic mass is 32.2. The van der Waals surface area contributed by atoms with Crippen molar-refractivity contribution in [2.75, 3.05) is 0 Å². The minimum atomic E-state index is -0.238. The van der Waals surface area contributed by atoms with Gasteiger partial charge in [-0.25, -0.2) is 5.26 Å². The van der Waals surface area contributed by atoms with Gasteiger partial charge in [0, 0.05) is 4.91 Å². The Morgan fingerprint density at radius 2 is 2.23 bits per heavy atom. The van der Waals surface area contributed by atoms with Gasteiger partial charge in [0.05, 0.1) is 12.1 Å². The third-order valence-electron chi connectivity index (χ3n) is 1.64. The van der Waals surface area contributed by atoms with E-state index >= 15 is 0 Å². The quantitative estimate of drug-likeness (QED) is 0.173. The zero-order valence-corrected chi connectivity index (χ0v) is 8.40. The van der Waals surface area contributed by atoms with E-state index in [0.29, 0.717) is 25.2 Å². The van der Waals surface area contributed by atoms with Crippen LogP contribution in [0.3, 0.4) is 0 Å². The van der Waals surface area contributed by atoms with Gasteiger partial charge in [-0.1, -0.05) is 19.0 Å². The normalized spacial score (nSPS) is 14.7. The Morgan fingerprint density at radius 1 is 1.54 bits per heavy atom. The second kappa shape index (κ2) is 8.15. The molecule has 0 saturated carbocycles. The molecule has 6 nitrogen and oxygen atoms in total. The molecule has 0 spiro atoms. The molecule has 0 aliphatic heterocycles. The highest BCUT2D eigenvalue weighted by Gasteiger charge is 2.18. The van der Waals surface area contributed by atoms with Crippen molar-refractivity contribution in [3.05, 3.63) is 10.4 Å². The molecule has 0 aliphatic rings. The van der Waals surface area contributed by atoms with Crippen molar-refractivity contribution < 1.29 is 13.8 Å². The Kier molecular flexibility index (Phi) is 7.86. The van der Waals surface area contributed by atoms with Crippen molar-refractivity contribution in [2.45, 2.75) is 38.8 Å². The van der Waals surface area contributed by atoms with E-state index in [9.17, 15) is 0 Å². The van der Waals surface area contributed by atoms with Gasteiger partial charge in [-0.3, -0.25) is 4.18 Å². The maximum absolute atomic E-state index is 8.25. The summed E-state index contributed by atoms with van der Waals surface area (Å²) in [5, 5.41) is 11.6. The summed E-state index contributed by atoms with van der Waals surface area (Å²) in [6, 6.07) is -0.224. The van der Waals surface area contributed by atoms with Gasteiger partial charge in [0.1, 0.15) is 0 Å². The summed E-state index contributed by atoms with van der Waals surface area (Å²) in [5.74, 6) is 0. The largest absolute Gasteiger partial charge is 0.286 e. The van der Waals surface area contributed by atoms with Crippen LogP contribution in [0.1, 0.15) is 26.7 Å². The van der Waals surface area contributed by atoms with E-state index in [1.807, 2.05) is 13.8 Å². The van der Waals surface area contributed by atoms with Crippen LogP contribution in [0, 0.1) is 0 Å². The Balaban J connectivity index is 4.07. The summed E-state index contributed by atoms with van der Waals surface area (Å²) >= 11 is 0.483. The topological polar surface area (TPSA) is 87.5 Å². The average Bonchev–Trinajstić information content (AvgIpc) is 2.17. The van der Waals surface area contributed by atoms with Gasteiger partial charge < -0.3 is 0 Å². The van der Waals surface area contributed by atoms with Crippen LogP contribution in [0.25, 0.3) is 10.4 Å². The molecule has 0 heterocycles. The highest BCUT2D eigenvalue weighted by molar-refractivity contribution is 7.89. The molecule has 0 amide bonds. The number of azide groups is 1. The molecule has 13 heavy (non-hydrogen) atoms. The lowest BCUT2D eigenvalue weighted by Crippen LogP contribution is -2.23. The molecule has 7 heteroatoms. The molecular formula is C6H13N3O3S.